The van der Waals surface area contributed by atoms with Gasteiger partial charge in [-0.2, -0.15) is 0 Å². The fourth-order valence-electron chi connectivity index (χ4n) is 1.63. The van der Waals surface area contributed by atoms with E-state index in [4.69, 9.17) is 5.73 Å². The maximum absolute atomic E-state index is 5.81. The van der Waals surface area contributed by atoms with Gasteiger partial charge in [0.25, 0.3) is 0 Å². The molecule has 0 aromatic carbocycles. The molecule has 3 heteroatoms. The molecule has 12 heavy (non-hydrogen) atoms. The molecule has 3 nitrogen and oxygen atoms in total. The standard InChI is InChI=1S/C9H15N3/c1-6-3-8(6)12-5-11-4-9(12)7(2)10/h4-8H,3,10H2,1-2H3/t6?,7-,8?/m0/s1. The largest absolute Gasteiger partial charge is 0.330 e. The van der Waals surface area contributed by atoms with Crippen molar-refractivity contribution in [2.75, 3.05) is 0 Å². The Kier molecular flexibility index (Phi) is 1.68. The number of aromatic nitrogens is 2. The van der Waals surface area contributed by atoms with Crippen molar-refractivity contribution < 1.29 is 0 Å². The van der Waals surface area contributed by atoms with Crippen molar-refractivity contribution >= 4 is 0 Å². The van der Waals surface area contributed by atoms with Gasteiger partial charge in [0.15, 0.2) is 0 Å². The Morgan fingerprint density at radius 2 is 2.42 bits per heavy atom. The SMILES string of the molecule is CC1CC1n1cncc1[C@H](C)N. The van der Waals surface area contributed by atoms with E-state index >= 15 is 0 Å². The van der Waals surface area contributed by atoms with Gasteiger partial charge in [-0.15, -0.1) is 0 Å². The highest BCUT2D eigenvalue weighted by molar-refractivity contribution is 5.08. The molecule has 1 saturated carbocycles. The molecule has 66 valence electrons. The summed E-state index contributed by atoms with van der Waals surface area (Å²) in [5, 5.41) is 0. The molecule has 2 rings (SSSR count). The molecule has 0 radical (unpaired) electrons. The molecule has 0 bridgehead atoms. The van der Waals surface area contributed by atoms with Crippen LogP contribution in [0.4, 0.5) is 0 Å². The highest BCUT2D eigenvalue weighted by atomic mass is 15.1. The van der Waals surface area contributed by atoms with Crippen molar-refractivity contribution in [3.8, 4) is 0 Å². The summed E-state index contributed by atoms with van der Waals surface area (Å²) >= 11 is 0. The van der Waals surface area contributed by atoms with E-state index in [1.165, 1.54) is 6.42 Å². The van der Waals surface area contributed by atoms with Crippen molar-refractivity contribution in [2.24, 2.45) is 11.7 Å². The molecule has 0 amide bonds. The monoisotopic (exact) mass is 165 g/mol. The number of nitrogens with zero attached hydrogens (tertiary/aromatic N) is 2. The van der Waals surface area contributed by atoms with E-state index in [1.807, 2.05) is 19.4 Å². The first kappa shape index (κ1) is 7.80. The third kappa shape index (κ3) is 1.14. The van der Waals surface area contributed by atoms with Crippen LogP contribution in [0, 0.1) is 5.92 Å². The van der Waals surface area contributed by atoms with E-state index in [0.29, 0.717) is 6.04 Å². The lowest BCUT2D eigenvalue weighted by atomic mass is 10.2. The first-order valence-electron chi connectivity index (χ1n) is 4.47. The fourth-order valence-corrected chi connectivity index (χ4v) is 1.63. The van der Waals surface area contributed by atoms with Crippen LogP contribution in [-0.2, 0) is 0 Å². The molecule has 2 unspecified atom stereocenters. The molecule has 0 saturated heterocycles. The van der Waals surface area contributed by atoms with Gasteiger partial charge in [-0.1, -0.05) is 6.92 Å². The van der Waals surface area contributed by atoms with Crippen LogP contribution in [0.15, 0.2) is 12.5 Å². The quantitative estimate of drug-likeness (QED) is 0.721. The van der Waals surface area contributed by atoms with Crippen molar-refractivity contribution in [1.82, 2.24) is 9.55 Å². The lowest BCUT2D eigenvalue weighted by Crippen LogP contribution is -2.11. The summed E-state index contributed by atoms with van der Waals surface area (Å²) in [5.41, 5.74) is 6.97. The number of rotatable bonds is 2. The predicted molar refractivity (Wildman–Crippen MR) is 47.6 cm³/mol. The second-order valence-corrected chi connectivity index (χ2v) is 3.79. The third-order valence-corrected chi connectivity index (χ3v) is 2.59. The van der Waals surface area contributed by atoms with Crippen molar-refractivity contribution in [2.45, 2.75) is 32.4 Å². The number of imidazole rings is 1. The van der Waals surface area contributed by atoms with Crippen LogP contribution in [-0.4, -0.2) is 9.55 Å². The molecule has 1 aliphatic carbocycles. The van der Waals surface area contributed by atoms with Gasteiger partial charge in [-0.25, -0.2) is 4.98 Å². The zero-order chi connectivity index (χ0) is 8.72. The van der Waals surface area contributed by atoms with E-state index in [0.717, 1.165) is 11.6 Å². The minimum Gasteiger partial charge on any atom is -0.330 e. The second kappa shape index (κ2) is 2.59. The fraction of sp³-hybridized carbons (Fsp3) is 0.667. The summed E-state index contributed by atoms with van der Waals surface area (Å²) in [6.45, 7) is 4.26. The molecule has 1 aromatic rings. The molecule has 2 N–H and O–H groups in total. The Morgan fingerprint density at radius 1 is 1.75 bits per heavy atom. The molecule has 1 heterocycles. The summed E-state index contributed by atoms with van der Waals surface area (Å²) in [6, 6.07) is 0.758. The molecule has 3 atom stereocenters. The Labute approximate surface area is 72.6 Å². The highest BCUT2D eigenvalue weighted by Crippen LogP contribution is 2.43. The van der Waals surface area contributed by atoms with Gasteiger partial charge in [-0.3, -0.25) is 0 Å². The van der Waals surface area contributed by atoms with Gasteiger partial charge in [0, 0.05) is 18.3 Å². The van der Waals surface area contributed by atoms with E-state index in [9.17, 15) is 0 Å². The van der Waals surface area contributed by atoms with Crippen LogP contribution >= 0.6 is 0 Å². The Bertz CT molecular complexity index is 277. The summed E-state index contributed by atoms with van der Waals surface area (Å²) in [7, 11) is 0. The average molecular weight is 165 g/mol. The number of nitrogens with two attached hydrogens (primary N) is 1. The number of hydrogen-bond acceptors (Lipinski definition) is 2. The molecule has 0 aliphatic heterocycles. The summed E-state index contributed by atoms with van der Waals surface area (Å²) < 4.78 is 2.22. The number of hydrogen-bond donors (Lipinski definition) is 1. The third-order valence-electron chi connectivity index (χ3n) is 2.59. The lowest BCUT2D eigenvalue weighted by Gasteiger charge is -2.09. The topological polar surface area (TPSA) is 43.8 Å². The molecule has 1 fully saturated rings. The van der Waals surface area contributed by atoms with Gasteiger partial charge in [0.2, 0.25) is 0 Å². The molecular weight excluding hydrogens is 150 g/mol. The van der Waals surface area contributed by atoms with Crippen LogP contribution in [0.5, 0.6) is 0 Å². The van der Waals surface area contributed by atoms with Crippen molar-refractivity contribution in [3.05, 3.63) is 18.2 Å². The van der Waals surface area contributed by atoms with E-state index in [-0.39, 0.29) is 6.04 Å². The molecular formula is C9H15N3. The Balaban J connectivity index is 2.25. The van der Waals surface area contributed by atoms with Crippen LogP contribution in [0.25, 0.3) is 0 Å². The van der Waals surface area contributed by atoms with Gasteiger partial charge in [-0.05, 0) is 19.3 Å². The van der Waals surface area contributed by atoms with E-state index < -0.39 is 0 Å². The van der Waals surface area contributed by atoms with Crippen molar-refractivity contribution in [3.63, 3.8) is 0 Å². The smallest absolute Gasteiger partial charge is 0.0951 e. The summed E-state index contributed by atoms with van der Waals surface area (Å²) in [4.78, 5) is 4.12. The average Bonchev–Trinajstić information content (AvgIpc) is 2.58. The highest BCUT2D eigenvalue weighted by Gasteiger charge is 2.35. The van der Waals surface area contributed by atoms with Crippen LogP contribution in [0.3, 0.4) is 0 Å². The zero-order valence-electron chi connectivity index (χ0n) is 7.57. The Morgan fingerprint density at radius 3 is 2.92 bits per heavy atom. The maximum atomic E-state index is 5.81. The molecule has 1 aromatic heterocycles. The first-order valence-corrected chi connectivity index (χ1v) is 4.47. The Hall–Kier alpha value is -0.830. The van der Waals surface area contributed by atoms with Crippen LogP contribution < -0.4 is 5.73 Å². The first-order chi connectivity index (χ1) is 5.70. The summed E-state index contributed by atoms with van der Waals surface area (Å²) in [5.74, 6) is 0.802. The van der Waals surface area contributed by atoms with Crippen LogP contribution in [0.1, 0.15) is 38.0 Å². The van der Waals surface area contributed by atoms with E-state index in [2.05, 4.69) is 16.5 Å². The second-order valence-electron chi connectivity index (χ2n) is 3.79. The molecule has 0 spiro atoms. The lowest BCUT2D eigenvalue weighted by molar-refractivity contribution is 0.616. The predicted octanol–water partition coefficient (Wildman–Crippen LogP) is 1.48. The van der Waals surface area contributed by atoms with Crippen molar-refractivity contribution in [1.29, 1.82) is 0 Å². The minimum atomic E-state index is 0.0975. The van der Waals surface area contributed by atoms with Gasteiger partial charge < -0.3 is 10.3 Å². The van der Waals surface area contributed by atoms with Gasteiger partial charge in [0.1, 0.15) is 0 Å². The van der Waals surface area contributed by atoms with Gasteiger partial charge >= 0.3 is 0 Å². The summed E-state index contributed by atoms with van der Waals surface area (Å²) in [6.07, 6.45) is 5.04. The zero-order valence-corrected chi connectivity index (χ0v) is 7.57. The maximum Gasteiger partial charge on any atom is 0.0951 e. The van der Waals surface area contributed by atoms with Crippen LogP contribution in [0.2, 0.25) is 0 Å². The van der Waals surface area contributed by atoms with Gasteiger partial charge in [0.05, 0.1) is 12.0 Å². The minimum absolute atomic E-state index is 0.0975. The normalized spacial score (nSPS) is 30.2. The van der Waals surface area contributed by atoms with E-state index in [1.54, 1.807) is 0 Å². The molecule has 1 aliphatic rings.